The Morgan fingerprint density at radius 2 is 2.00 bits per heavy atom. The molecule has 0 amide bonds. The second-order valence-corrected chi connectivity index (χ2v) is 3.27. The van der Waals surface area contributed by atoms with Crippen LogP contribution in [0.1, 0.15) is 27.2 Å². The molecule has 0 atom stereocenters. The molecule has 0 aliphatic rings. The Hall–Kier alpha value is -0.300. The Morgan fingerprint density at radius 3 is 2.11 bits per heavy atom. The van der Waals surface area contributed by atoms with Crippen molar-refractivity contribution < 1.29 is 0 Å². The molecule has 0 unspecified atom stereocenters. The van der Waals surface area contributed by atoms with Gasteiger partial charge in [-0.1, -0.05) is 5.57 Å². The lowest BCUT2D eigenvalue weighted by molar-refractivity contribution is 0.421. The normalized spacial score (nSPS) is 11.6. The molecule has 0 aliphatic heterocycles. The van der Waals surface area contributed by atoms with E-state index in [2.05, 4.69) is 32.7 Å². The van der Waals surface area contributed by atoms with Gasteiger partial charge in [0.1, 0.15) is 0 Å². The fourth-order valence-corrected chi connectivity index (χ4v) is 0.843. The van der Waals surface area contributed by atoms with Crippen molar-refractivity contribution >= 4 is 0 Å². The van der Waals surface area contributed by atoms with Gasteiger partial charge in [-0.05, 0) is 34.2 Å². The summed E-state index contributed by atoms with van der Waals surface area (Å²) in [4.78, 5) is 0. The lowest BCUT2D eigenvalue weighted by Gasteiger charge is -2.23. The molecule has 1 N–H and O–H groups in total. The van der Waals surface area contributed by atoms with E-state index in [4.69, 9.17) is 0 Å². The predicted octanol–water partition coefficient (Wildman–Crippen LogP) is 1.95. The molecule has 0 spiro atoms. The Morgan fingerprint density at radius 1 is 1.56 bits per heavy atom. The molecule has 0 rings (SSSR count). The molecule has 0 saturated carbocycles. The molecule has 0 saturated heterocycles. The maximum Gasteiger partial charge on any atom is 0.0159 e. The van der Waals surface area contributed by atoms with E-state index >= 15 is 0 Å². The van der Waals surface area contributed by atoms with Crippen molar-refractivity contribution in [2.45, 2.75) is 32.7 Å². The van der Waals surface area contributed by atoms with Gasteiger partial charge in [-0.15, -0.1) is 6.58 Å². The first-order chi connectivity index (χ1) is 3.98. The van der Waals surface area contributed by atoms with Gasteiger partial charge in [-0.25, -0.2) is 0 Å². The fourth-order valence-electron chi connectivity index (χ4n) is 0.843. The van der Waals surface area contributed by atoms with Gasteiger partial charge in [0.15, 0.2) is 0 Å². The summed E-state index contributed by atoms with van der Waals surface area (Å²) in [5.74, 6) is 0. The summed E-state index contributed by atoms with van der Waals surface area (Å²) in [5, 5.41) is 3.21. The minimum absolute atomic E-state index is 0.214. The fraction of sp³-hybridized carbons (Fsp3) is 0.750. The average Bonchev–Trinajstić information content (AvgIpc) is 1.63. The summed E-state index contributed by atoms with van der Waals surface area (Å²) < 4.78 is 0. The van der Waals surface area contributed by atoms with Crippen molar-refractivity contribution in [2.24, 2.45) is 0 Å². The van der Waals surface area contributed by atoms with Crippen molar-refractivity contribution in [3.63, 3.8) is 0 Å². The van der Waals surface area contributed by atoms with Gasteiger partial charge in [-0.3, -0.25) is 0 Å². The van der Waals surface area contributed by atoms with Gasteiger partial charge in [0.2, 0.25) is 0 Å². The van der Waals surface area contributed by atoms with E-state index in [0.717, 1.165) is 6.42 Å². The van der Waals surface area contributed by atoms with Crippen LogP contribution >= 0.6 is 0 Å². The van der Waals surface area contributed by atoms with E-state index in [1.54, 1.807) is 0 Å². The summed E-state index contributed by atoms with van der Waals surface area (Å²) in [7, 11) is 1.98. The molecule has 0 bridgehead atoms. The third kappa shape index (κ3) is 4.22. The van der Waals surface area contributed by atoms with E-state index < -0.39 is 0 Å². The van der Waals surface area contributed by atoms with Crippen molar-refractivity contribution in [3.05, 3.63) is 12.2 Å². The van der Waals surface area contributed by atoms with E-state index in [1.807, 2.05) is 7.05 Å². The van der Waals surface area contributed by atoms with E-state index in [-0.39, 0.29) is 5.54 Å². The molecule has 0 fully saturated rings. The van der Waals surface area contributed by atoms with E-state index in [1.165, 1.54) is 5.57 Å². The van der Waals surface area contributed by atoms with Crippen LogP contribution in [0.2, 0.25) is 0 Å². The van der Waals surface area contributed by atoms with Crippen LogP contribution in [0.5, 0.6) is 0 Å². The molecule has 0 aromatic heterocycles. The number of hydrogen-bond acceptors (Lipinski definition) is 1. The van der Waals surface area contributed by atoms with Gasteiger partial charge in [0, 0.05) is 5.54 Å². The highest BCUT2D eigenvalue weighted by Crippen LogP contribution is 2.12. The monoisotopic (exact) mass is 127 g/mol. The zero-order valence-electron chi connectivity index (χ0n) is 6.91. The van der Waals surface area contributed by atoms with Gasteiger partial charge in [0.25, 0.3) is 0 Å². The highest BCUT2D eigenvalue weighted by Gasteiger charge is 2.13. The Labute approximate surface area is 58.2 Å². The first kappa shape index (κ1) is 8.70. The van der Waals surface area contributed by atoms with Crippen molar-refractivity contribution in [1.29, 1.82) is 0 Å². The molecule has 0 radical (unpaired) electrons. The summed E-state index contributed by atoms with van der Waals surface area (Å²) in [5.41, 5.74) is 1.45. The van der Waals surface area contributed by atoms with Crippen LogP contribution in [0.4, 0.5) is 0 Å². The Balaban J connectivity index is 3.71. The maximum absolute atomic E-state index is 3.85. The second kappa shape index (κ2) is 3.02. The Bertz CT molecular complexity index is 103. The lowest BCUT2D eigenvalue weighted by atomic mass is 9.97. The van der Waals surface area contributed by atoms with Gasteiger partial charge >= 0.3 is 0 Å². The highest BCUT2D eigenvalue weighted by atomic mass is 14.9. The molecule has 0 heterocycles. The topological polar surface area (TPSA) is 12.0 Å². The molecule has 0 aliphatic carbocycles. The van der Waals surface area contributed by atoms with Crippen LogP contribution in [-0.4, -0.2) is 12.6 Å². The third-order valence-corrected chi connectivity index (χ3v) is 1.42. The van der Waals surface area contributed by atoms with Crippen molar-refractivity contribution in [2.75, 3.05) is 7.05 Å². The van der Waals surface area contributed by atoms with Crippen LogP contribution in [0.15, 0.2) is 12.2 Å². The summed E-state index contributed by atoms with van der Waals surface area (Å²) in [6.07, 6.45) is 1.05. The number of nitrogens with one attached hydrogen (secondary N) is 1. The van der Waals surface area contributed by atoms with Crippen LogP contribution in [-0.2, 0) is 0 Å². The molecule has 9 heavy (non-hydrogen) atoms. The minimum Gasteiger partial charge on any atom is -0.314 e. The predicted molar refractivity (Wildman–Crippen MR) is 42.6 cm³/mol. The quantitative estimate of drug-likeness (QED) is 0.571. The summed E-state index contributed by atoms with van der Waals surface area (Å²) in [6, 6.07) is 0. The first-order valence-corrected chi connectivity index (χ1v) is 3.31. The third-order valence-electron chi connectivity index (χ3n) is 1.42. The van der Waals surface area contributed by atoms with E-state index in [0.29, 0.717) is 0 Å². The minimum atomic E-state index is 0.214. The van der Waals surface area contributed by atoms with Crippen LogP contribution in [0.3, 0.4) is 0 Å². The van der Waals surface area contributed by atoms with Gasteiger partial charge in [-0.2, -0.15) is 0 Å². The number of hydrogen-bond donors (Lipinski definition) is 1. The zero-order chi connectivity index (χ0) is 7.49. The van der Waals surface area contributed by atoms with Crippen LogP contribution in [0, 0.1) is 0 Å². The van der Waals surface area contributed by atoms with E-state index in [9.17, 15) is 0 Å². The molecule has 0 aromatic rings. The standard InChI is InChI=1S/C8H17N/c1-7(2)6-8(3,4)9-5/h9H,1,6H2,2-5H3. The van der Waals surface area contributed by atoms with Crippen molar-refractivity contribution in [3.8, 4) is 0 Å². The molecule has 54 valence electrons. The zero-order valence-corrected chi connectivity index (χ0v) is 6.91. The summed E-state index contributed by atoms with van der Waals surface area (Å²) >= 11 is 0. The van der Waals surface area contributed by atoms with Crippen molar-refractivity contribution in [1.82, 2.24) is 5.32 Å². The smallest absolute Gasteiger partial charge is 0.0159 e. The number of rotatable bonds is 3. The molecular formula is C8H17N. The first-order valence-electron chi connectivity index (χ1n) is 3.31. The molecule has 1 nitrogen and oxygen atoms in total. The van der Waals surface area contributed by atoms with Gasteiger partial charge < -0.3 is 5.32 Å². The Kier molecular flexibility index (Phi) is 2.92. The summed E-state index contributed by atoms with van der Waals surface area (Å²) in [6.45, 7) is 10.2. The van der Waals surface area contributed by atoms with Gasteiger partial charge in [0.05, 0.1) is 0 Å². The SMILES string of the molecule is C=C(C)CC(C)(C)NC. The second-order valence-electron chi connectivity index (χ2n) is 3.27. The average molecular weight is 127 g/mol. The molecule has 1 heteroatoms. The van der Waals surface area contributed by atoms with Crippen LogP contribution < -0.4 is 5.32 Å². The molecular weight excluding hydrogens is 110 g/mol. The molecule has 0 aromatic carbocycles. The lowest BCUT2D eigenvalue weighted by Crippen LogP contribution is -2.36. The maximum atomic E-state index is 3.85. The highest BCUT2D eigenvalue weighted by molar-refractivity contribution is 4.96. The van der Waals surface area contributed by atoms with Crippen LogP contribution in [0.25, 0.3) is 0 Å². The largest absolute Gasteiger partial charge is 0.314 e.